The van der Waals surface area contributed by atoms with Gasteiger partial charge in [-0.1, -0.05) is 5.21 Å². The molecule has 0 spiro atoms. The van der Waals surface area contributed by atoms with Crippen molar-refractivity contribution in [3.63, 3.8) is 0 Å². The first-order valence-corrected chi connectivity index (χ1v) is 6.56. The van der Waals surface area contributed by atoms with Gasteiger partial charge in [0.15, 0.2) is 5.69 Å². The fourth-order valence-corrected chi connectivity index (χ4v) is 2.16. The number of halogens is 1. The maximum absolute atomic E-state index is 11.3. The van der Waals surface area contributed by atoms with E-state index in [9.17, 15) is 4.79 Å². The Morgan fingerprint density at radius 2 is 2.26 bits per heavy atom. The first-order chi connectivity index (χ1) is 9.06. The number of esters is 1. The normalized spacial score (nSPS) is 10.7. The Labute approximate surface area is 118 Å². The molecule has 0 saturated heterocycles. The van der Waals surface area contributed by atoms with Crippen LogP contribution in [-0.4, -0.2) is 37.9 Å². The second kappa shape index (κ2) is 5.52. The van der Waals surface area contributed by atoms with Gasteiger partial charge in [0, 0.05) is 6.54 Å². The molecule has 0 aliphatic heterocycles. The molecule has 0 saturated carbocycles. The van der Waals surface area contributed by atoms with E-state index in [0.717, 1.165) is 22.4 Å². The zero-order chi connectivity index (χ0) is 14.0. The highest BCUT2D eigenvalue weighted by atomic mass is 79.9. The lowest BCUT2D eigenvalue weighted by atomic mass is 10.3. The molecular weight excluding hydrogens is 314 g/mol. The molecule has 0 atom stereocenters. The van der Waals surface area contributed by atoms with E-state index in [1.807, 2.05) is 18.5 Å². The van der Waals surface area contributed by atoms with Crippen molar-refractivity contribution in [1.29, 1.82) is 0 Å². The SMILES string of the molecule is CCn1nc(C)c(Br)c1Cn1cc(C(=O)OC)nn1. The van der Waals surface area contributed by atoms with Crippen LogP contribution >= 0.6 is 15.9 Å². The molecule has 7 nitrogen and oxygen atoms in total. The van der Waals surface area contributed by atoms with Gasteiger partial charge in [-0.3, -0.25) is 4.68 Å². The standard InChI is InChI=1S/C11H14BrN5O2/c1-4-17-9(10(12)7(2)14-17)6-16-5-8(13-15-16)11(18)19-3/h5H,4,6H2,1-3H3. The van der Waals surface area contributed by atoms with Crippen LogP contribution < -0.4 is 0 Å². The lowest BCUT2D eigenvalue weighted by Gasteiger charge is -2.04. The third-order valence-electron chi connectivity index (χ3n) is 2.70. The fraction of sp³-hybridized carbons (Fsp3) is 0.455. The van der Waals surface area contributed by atoms with Crippen LogP contribution in [0.5, 0.6) is 0 Å². The first-order valence-electron chi connectivity index (χ1n) is 5.77. The van der Waals surface area contributed by atoms with Crippen LogP contribution in [0, 0.1) is 6.92 Å². The molecule has 0 radical (unpaired) electrons. The summed E-state index contributed by atoms with van der Waals surface area (Å²) in [5, 5.41) is 12.1. The van der Waals surface area contributed by atoms with Crippen LogP contribution in [0.1, 0.15) is 28.8 Å². The van der Waals surface area contributed by atoms with Crippen molar-refractivity contribution in [2.24, 2.45) is 0 Å². The third kappa shape index (κ3) is 2.67. The minimum Gasteiger partial charge on any atom is -0.464 e. The van der Waals surface area contributed by atoms with Crippen LogP contribution in [0.15, 0.2) is 10.7 Å². The van der Waals surface area contributed by atoms with Crippen LogP contribution in [-0.2, 0) is 17.8 Å². The van der Waals surface area contributed by atoms with Crippen LogP contribution in [0.4, 0.5) is 0 Å². The Morgan fingerprint density at radius 1 is 1.53 bits per heavy atom. The zero-order valence-electron chi connectivity index (χ0n) is 10.9. The highest BCUT2D eigenvalue weighted by Gasteiger charge is 2.15. The Balaban J connectivity index is 2.26. The quantitative estimate of drug-likeness (QED) is 0.793. The summed E-state index contributed by atoms with van der Waals surface area (Å²) < 4.78 is 9.01. The molecule has 0 amide bonds. The van der Waals surface area contributed by atoms with Crippen molar-refractivity contribution in [3.8, 4) is 0 Å². The molecule has 2 heterocycles. The van der Waals surface area contributed by atoms with Gasteiger partial charge in [0.05, 0.1) is 35.7 Å². The Bertz CT molecular complexity index is 604. The summed E-state index contributed by atoms with van der Waals surface area (Å²) in [5.41, 5.74) is 2.10. The largest absolute Gasteiger partial charge is 0.464 e. The van der Waals surface area contributed by atoms with Gasteiger partial charge in [-0.25, -0.2) is 9.48 Å². The first kappa shape index (κ1) is 13.7. The topological polar surface area (TPSA) is 74.8 Å². The minimum absolute atomic E-state index is 0.193. The number of aromatic nitrogens is 5. The minimum atomic E-state index is -0.495. The second-order valence-corrected chi connectivity index (χ2v) is 4.75. The Morgan fingerprint density at radius 3 is 2.89 bits per heavy atom. The summed E-state index contributed by atoms with van der Waals surface area (Å²) >= 11 is 3.51. The second-order valence-electron chi connectivity index (χ2n) is 3.95. The number of hydrogen-bond acceptors (Lipinski definition) is 5. The van der Waals surface area contributed by atoms with Gasteiger partial charge in [0.2, 0.25) is 0 Å². The maximum Gasteiger partial charge on any atom is 0.360 e. The summed E-state index contributed by atoms with van der Waals surface area (Å²) in [6, 6.07) is 0. The van der Waals surface area contributed by atoms with Crippen molar-refractivity contribution in [2.45, 2.75) is 26.9 Å². The molecule has 2 aromatic heterocycles. The number of carbonyl (C=O) groups is 1. The molecular formula is C11H14BrN5O2. The molecule has 2 aromatic rings. The number of aryl methyl sites for hydroxylation is 2. The summed E-state index contributed by atoms with van der Waals surface area (Å²) in [4.78, 5) is 11.3. The molecule has 0 bridgehead atoms. The smallest absolute Gasteiger partial charge is 0.360 e. The Hall–Kier alpha value is -1.70. The van der Waals surface area contributed by atoms with E-state index in [1.54, 1.807) is 10.9 Å². The van der Waals surface area contributed by atoms with Gasteiger partial charge in [-0.2, -0.15) is 5.10 Å². The highest BCUT2D eigenvalue weighted by Crippen LogP contribution is 2.21. The number of hydrogen-bond donors (Lipinski definition) is 0. The van der Waals surface area contributed by atoms with Gasteiger partial charge in [0.1, 0.15) is 0 Å². The molecule has 0 aliphatic carbocycles. The van der Waals surface area contributed by atoms with Crippen LogP contribution in [0.3, 0.4) is 0 Å². The van der Waals surface area contributed by atoms with Crippen molar-refractivity contribution in [3.05, 3.63) is 27.8 Å². The van der Waals surface area contributed by atoms with E-state index in [2.05, 4.69) is 36.1 Å². The summed E-state index contributed by atoms with van der Waals surface area (Å²) in [6.45, 7) is 5.20. The van der Waals surface area contributed by atoms with Crippen molar-refractivity contribution < 1.29 is 9.53 Å². The number of nitrogens with zero attached hydrogens (tertiary/aromatic N) is 5. The van der Waals surface area contributed by atoms with E-state index in [0.29, 0.717) is 6.54 Å². The molecule has 0 fully saturated rings. The number of ether oxygens (including phenoxy) is 1. The molecule has 0 N–H and O–H groups in total. The summed E-state index contributed by atoms with van der Waals surface area (Å²) in [5.74, 6) is -0.495. The average Bonchev–Trinajstić information content (AvgIpc) is 2.98. The molecule has 0 unspecified atom stereocenters. The van der Waals surface area contributed by atoms with E-state index in [1.165, 1.54) is 7.11 Å². The van der Waals surface area contributed by atoms with Gasteiger partial charge < -0.3 is 4.74 Å². The van der Waals surface area contributed by atoms with Gasteiger partial charge in [0.25, 0.3) is 0 Å². The lowest BCUT2D eigenvalue weighted by Crippen LogP contribution is -2.09. The fourth-order valence-electron chi connectivity index (χ4n) is 1.75. The third-order valence-corrected chi connectivity index (χ3v) is 3.73. The molecule has 102 valence electrons. The van der Waals surface area contributed by atoms with Gasteiger partial charge in [-0.05, 0) is 29.8 Å². The number of carbonyl (C=O) groups excluding carboxylic acids is 1. The van der Waals surface area contributed by atoms with E-state index in [-0.39, 0.29) is 5.69 Å². The average molecular weight is 328 g/mol. The lowest BCUT2D eigenvalue weighted by molar-refractivity contribution is 0.0594. The van der Waals surface area contributed by atoms with Crippen molar-refractivity contribution in [1.82, 2.24) is 24.8 Å². The molecule has 0 aliphatic rings. The zero-order valence-corrected chi connectivity index (χ0v) is 12.5. The Kier molecular flexibility index (Phi) is 3.98. The predicted octanol–water partition coefficient (Wildman–Crippen LogP) is 1.40. The van der Waals surface area contributed by atoms with Crippen molar-refractivity contribution in [2.75, 3.05) is 7.11 Å². The van der Waals surface area contributed by atoms with E-state index >= 15 is 0 Å². The van der Waals surface area contributed by atoms with Crippen molar-refractivity contribution >= 4 is 21.9 Å². The van der Waals surface area contributed by atoms with Crippen LogP contribution in [0.2, 0.25) is 0 Å². The van der Waals surface area contributed by atoms with Gasteiger partial charge >= 0.3 is 5.97 Å². The molecule has 8 heteroatoms. The predicted molar refractivity (Wildman–Crippen MR) is 70.8 cm³/mol. The molecule has 2 rings (SSSR count). The summed E-state index contributed by atoms with van der Waals surface area (Å²) in [7, 11) is 1.31. The molecule has 0 aromatic carbocycles. The maximum atomic E-state index is 11.3. The number of methoxy groups -OCH3 is 1. The number of rotatable bonds is 4. The summed E-state index contributed by atoms with van der Waals surface area (Å²) in [6.07, 6.45) is 1.56. The van der Waals surface area contributed by atoms with E-state index < -0.39 is 5.97 Å². The highest BCUT2D eigenvalue weighted by molar-refractivity contribution is 9.10. The monoisotopic (exact) mass is 327 g/mol. The van der Waals surface area contributed by atoms with Crippen LogP contribution in [0.25, 0.3) is 0 Å². The van der Waals surface area contributed by atoms with E-state index in [4.69, 9.17) is 0 Å². The molecule has 19 heavy (non-hydrogen) atoms. The van der Waals surface area contributed by atoms with Gasteiger partial charge in [-0.15, -0.1) is 5.10 Å².